The minimum absolute atomic E-state index is 0.0250. The number of benzene rings is 2. The predicted octanol–water partition coefficient (Wildman–Crippen LogP) is 2.63. The van der Waals surface area contributed by atoms with Crippen molar-refractivity contribution < 1.29 is 5.11 Å². The first-order chi connectivity index (χ1) is 7.75. The molecular formula is C14H15NO. The molecule has 16 heavy (non-hydrogen) atoms. The van der Waals surface area contributed by atoms with Gasteiger partial charge in [0.2, 0.25) is 0 Å². The monoisotopic (exact) mass is 213 g/mol. The van der Waals surface area contributed by atoms with Crippen molar-refractivity contribution in [2.75, 3.05) is 0 Å². The predicted molar refractivity (Wildman–Crippen MR) is 65.2 cm³/mol. The molecule has 0 fully saturated rings. The van der Waals surface area contributed by atoms with E-state index < -0.39 is 0 Å². The van der Waals surface area contributed by atoms with E-state index in [1.54, 1.807) is 12.1 Å². The third kappa shape index (κ3) is 2.61. The molecule has 0 aliphatic carbocycles. The van der Waals surface area contributed by atoms with Gasteiger partial charge in [0.15, 0.2) is 0 Å². The number of nitrogens with two attached hydrogens (primary N) is 1. The fourth-order valence-corrected chi connectivity index (χ4v) is 1.76. The van der Waals surface area contributed by atoms with Gasteiger partial charge in [-0.05, 0) is 29.7 Å². The molecule has 0 aromatic heterocycles. The number of rotatable bonds is 3. The van der Waals surface area contributed by atoms with Crippen LogP contribution in [0.4, 0.5) is 0 Å². The Balaban J connectivity index is 2.11. The van der Waals surface area contributed by atoms with Crippen LogP contribution in [0.3, 0.4) is 0 Å². The van der Waals surface area contributed by atoms with Crippen LogP contribution in [-0.2, 0) is 6.42 Å². The molecule has 2 aromatic carbocycles. The van der Waals surface area contributed by atoms with Crippen molar-refractivity contribution in [2.45, 2.75) is 12.5 Å². The number of hydrogen-bond acceptors (Lipinski definition) is 2. The lowest BCUT2D eigenvalue weighted by molar-refractivity contribution is 0.474. The molecular weight excluding hydrogens is 198 g/mol. The molecule has 0 spiro atoms. The Morgan fingerprint density at radius 3 is 2.44 bits per heavy atom. The molecule has 0 heterocycles. The summed E-state index contributed by atoms with van der Waals surface area (Å²) in [5.41, 5.74) is 8.26. The summed E-state index contributed by atoms with van der Waals surface area (Å²) in [5.74, 6) is 0.290. The van der Waals surface area contributed by atoms with Crippen LogP contribution in [0.1, 0.15) is 17.2 Å². The van der Waals surface area contributed by atoms with Gasteiger partial charge in [0, 0.05) is 6.04 Å². The summed E-state index contributed by atoms with van der Waals surface area (Å²) in [7, 11) is 0. The summed E-state index contributed by atoms with van der Waals surface area (Å²) >= 11 is 0. The van der Waals surface area contributed by atoms with E-state index in [0.29, 0.717) is 0 Å². The molecule has 0 aliphatic rings. The Hall–Kier alpha value is -1.80. The quantitative estimate of drug-likeness (QED) is 0.823. The zero-order valence-corrected chi connectivity index (χ0v) is 9.01. The van der Waals surface area contributed by atoms with Crippen LogP contribution in [0.25, 0.3) is 0 Å². The summed E-state index contributed by atoms with van der Waals surface area (Å²) in [6.07, 6.45) is 0.735. The van der Waals surface area contributed by atoms with Gasteiger partial charge in [-0.2, -0.15) is 0 Å². The fourth-order valence-electron chi connectivity index (χ4n) is 1.76. The zero-order valence-electron chi connectivity index (χ0n) is 9.01. The molecule has 0 unspecified atom stereocenters. The molecule has 2 rings (SSSR count). The largest absolute Gasteiger partial charge is 0.508 e. The Bertz CT molecular complexity index is 453. The average molecular weight is 213 g/mol. The van der Waals surface area contributed by atoms with Crippen molar-refractivity contribution in [3.63, 3.8) is 0 Å². The molecule has 1 atom stereocenters. The van der Waals surface area contributed by atoms with E-state index in [4.69, 9.17) is 5.73 Å². The van der Waals surface area contributed by atoms with Gasteiger partial charge >= 0.3 is 0 Å². The molecule has 0 amide bonds. The Labute approximate surface area is 95.4 Å². The van der Waals surface area contributed by atoms with Crippen LogP contribution in [0.15, 0.2) is 54.6 Å². The third-order valence-corrected chi connectivity index (χ3v) is 2.59. The molecule has 3 N–H and O–H groups in total. The minimum Gasteiger partial charge on any atom is -0.508 e. The number of phenolic OH excluding ortho intramolecular Hbond substituents is 1. The SMILES string of the molecule is N[C@@H](Cc1cccc(O)c1)c1ccccc1. The first-order valence-electron chi connectivity index (χ1n) is 5.34. The zero-order chi connectivity index (χ0) is 11.4. The van der Waals surface area contributed by atoms with Gasteiger partial charge in [-0.25, -0.2) is 0 Å². The van der Waals surface area contributed by atoms with E-state index in [1.165, 1.54) is 0 Å². The second-order valence-electron chi connectivity index (χ2n) is 3.89. The normalized spacial score (nSPS) is 12.3. The van der Waals surface area contributed by atoms with Gasteiger partial charge < -0.3 is 10.8 Å². The first kappa shape index (κ1) is 10.7. The maximum Gasteiger partial charge on any atom is 0.115 e. The number of hydrogen-bond donors (Lipinski definition) is 2. The van der Waals surface area contributed by atoms with Crippen LogP contribution < -0.4 is 5.73 Å². The molecule has 2 aromatic rings. The highest BCUT2D eigenvalue weighted by molar-refractivity contribution is 5.29. The van der Waals surface area contributed by atoms with Crippen molar-refractivity contribution >= 4 is 0 Å². The van der Waals surface area contributed by atoms with Gasteiger partial charge in [-0.1, -0.05) is 42.5 Å². The third-order valence-electron chi connectivity index (χ3n) is 2.59. The second kappa shape index (κ2) is 4.81. The molecule has 0 aliphatic heterocycles. The molecule has 2 heteroatoms. The molecule has 2 nitrogen and oxygen atoms in total. The lowest BCUT2D eigenvalue weighted by Gasteiger charge is -2.12. The summed E-state index contributed by atoms with van der Waals surface area (Å²) in [6, 6.07) is 17.2. The van der Waals surface area contributed by atoms with E-state index in [-0.39, 0.29) is 11.8 Å². The summed E-state index contributed by atoms with van der Waals surface area (Å²) in [5, 5.41) is 9.36. The fraction of sp³-hybridized carbons (Fsp3) is 0.143. The smallest absolute Gasteiger partial charge is 0.115 e. The van der Waals surface area contributed by atoms with Crippen molar-refractivity contribution in [3.05, 3.63) is 65.7 Å². The van der Waals surface area contributed by atoms with E-state index in [1.807, 2.05) is 42.5 Å². The van der Waals surface area contributed by atoms with Crippen LogP contribution in [-0.4, -0.2) is 5.11 Å². The average Bonchev–Trinajstić information content (AvgIpc) is 2.30. The number of phenols is 1. The van der Waals surface area contributed by atoms with E-state index in [9.17, 15) is 5.11 Å². The van der Waals surface area contributed by atoms with E-state index in [0.717, 1.165) is 17.5 Å². The Morgan fingerprint density at radius 2 is 1.75 bits per heavy atom. The van der Waals surface area contributed by atoms with Gasteiger partial charge in [-0.15, -0.1) is 0 Å². The molecule has 0 radical (unpaired) electrons. The van der Waals surface area contributed by atoms with Crippen LogP contribution in [0.2, 0.25) is 0 Å². The summed E-state index contributed by atoms with van der Waals surface area (Å²) < 4.78 is 0. The lowest BCUT2D eigenvalue weighted by Crippen LogP contribution is -2.12. The molecule has 0 saturated heterocycles. The first-order valence-corrected chi connectivity index (χ1v) is 5.34. The van der Waals surface area contributed by atoms with E-state index >= 15 is 0 Å². The topological polar surface area (TPSA) is 46.2 Å². The lowest BCUT2D eigenvalue weighted by atomic mass is 10.00. The van der Waals surface area contributed by atoms with Crippen LogP contribution >= 0.6 is 0 Å². The maximum absolute atomic E-state index is 9.36. The van der Waals surface area contributed by atoms with Gasteiger partial charge in [0.1, 0.15) is 5.75 Å². The molecule has 82 valence electrons. The molecule has 0 bridgehead atoms. The van der Waals surface area contributed by atoms with Gasteiger partial charge in [0.25, 0.3) is 0 Å². The van der Waals surface area contributed by atoms with Crippen molar-refractivity contribution in [1.82, 2.24) is 0 Å². The van der Waals surface area contributed by atoms with E-state index in [2.05, 4.69) is 0 Å². The Morgan fingerprint density at radius 1 is 1.00 bits per heavy atom. The van der Waals surface area contributed by atoms with Gasteiger partial charge in [0.05, 0.1) is 0 Å². The van der Waals surface area contributed by atoms with Crippen molar-refractivity contribution in [1.29, 1.82) is 0 Å². The Kier molecular flexibility index (Phi) is 3.22. The van der Waals surface area contributed by atoms with Gasteiger partial charge in [-0.3, -0.25) is 0 Å². The number of aromatic hydroxyl groups is 1. The van der Waals surface area contributed by atoms with Crippen molar-refractivity contribution in [2.24, 2.45) is 5.73 Å². The van der Waals surface area contributed by atoms with Crippen molar-refractivity contribution in [3.8, 4) is 5.75 Å². The highest BCUT2D eigenvalue weighted by Crippen LogP contribution is 2.18. The highest BCUT2D eigenvalue weighted by Gasteiger charge is 2.06. The maximum atomic E-state index is 9.36. The van der Waals surface area contributed by atoms with Crippen LogP contribution in [0, 0.1) is 0 Å². The van der Waals surface area contributed by atoms with Crippen LogP contribution in [0.5, 0.6) is 5.75 Å². The summed E-state index contributed by atoms with van der Waals surface area (Å²) in [4.78, 5) is 0. The second-order valence-corrected chi connectivity index (χ2v) is 3.89. The minimum atomic E-state index is -0.0250. The standard InChI is InChI=1S/C14H15NO/c15-14(12-6-2-1-3-7-12)10-11-5-4-8-13(16)9-11/h1-9,14,16H,10,15H2/t14-/m0/s1. The summed E-state index contributed by atoms with van der Waals surface area (Å²) in [6.45, 7) is 0. The highest BCUT2D eigenvalue weighted by atomic mass is 16.3. The molecule has 0 saturated carbocycles.